The predicted octanol–water partition coefficient (Wildman–Crippen LogP) is 2.94. The van der Waals surface area contributed by atoms with Crippen molar-refractivity contribution in [1.82, 2.24) is 0 Å². The molecule has 0 radical (unpaired) electrons. The summed E-state index contributed by atoms with van der Waals surface area (Å²) in [6, 6.07) is 5.64. The predicted molar refractivity (Wildman–Crippen MR) is 53.8 cm³/mol. The lowest BCUT2D eigenvalue weighted by Gasteiger charge is -2.17. The molecule has 0 spiro atoms. The average Bonchev–Trinajstić information content (AvgIpc) is 2.35. The van der Waals surface area contributed by atoms with Crippen LogP contribution in [0.15, 0.2) is 24.3 Å². The van der Waals surface area contributed by atoms with Gasteiger partial charge in [-0.1, -0.05) is 12.1 Å². The van der Waals surface area contributed by atoms with Crippen molar-refractivity contribution in [2.24, 2.45) is 0 Å². The normalized spacial score (nSPS) is 12.1. The highest BCUT2D eigenvalue weighted by Gasteiger charge is 2.64. The number of benzene rings is 1. The summed E-state index contributed by atoms with van der Waals surface area (Å²) >= 11 is 0. The molecule has 0 aliphatic rings. The summed E-state index contributed by atoms with van der Waals surface area (Å²) in [6.07, 6.45) is -5.97. The number of alkyl halides is 5. The van der Waals surface area contributed by atoms with Gasteiger partial charge in [0.2, 0.25) is 0 Å². The minimum absolute atomic E-state index is 0.257. The first-order valence-electron chi connectivity index (χ1n) is 4.93. The van der Waals surface area contributed by atoms with E-state index in [-0.39, 0.29) is 5.56 Å². The fraction of sp³-hybridized carbons (Fsp3) is 0.364. The number of rotatable bonds is 4. The van der Waals surface area contributed by atoms with E-state index in [9.17, 15) is 26.7 Å². The van der Waals surface area contributed by atoms with E-state index in [1.807, 2.05) is 0 Å². The molecule has 0 atom stereocenters. The van der Waals surface area contributed by atoms with Gasteiger partial charge in [0, 0.05) is 0 Å². The lowest BCUT2D eigenvalue weighted by Crippen LogP contribution is -2.45. The number of carbonyl (C=O) groups excluding carboxylic acids is 1. The number of methoxy groups -OCH3 is 1. The number of hydrogen-bond donors (Lipinski definition) is 0. The summed E-state index contributed by atoms with van der Waals surface area (Å²) in [5.74, 6) is -7.68. The maximum absolute atomic E-state index is 12.5. The summed E-state index contributed by atoms with van der Waals surface area (Å²) in [6.45, 7) is -0.686. The molecule has 8 heteroatoms. The van der Waals surface area contributed by atoms with E-state index in [1.165, 1.54) is 31.4 Å². The first-order valence-corrected chi connectivity index (χ1v) is 4.93. The summed E-state index contributed by atoms with van der Waals surface area (Å²) in [5.41, 5.74) is 0.257. The molecule has 0 fully saturated rings. The van der Waals surface area contributed by atoms with Gasteiger partial charge in [-0.15, -0.1) is 0 Å². The second-order valence-electron chi connectivity index (χ2n) is 3.50. The van der Waals surface area contributed by atoms with Crippen LogP contribution < -0.4 is 4.74 Å². The van der Waals surface area contributed by atoms with Gasteiger partial charge in [0.1, 0.15) is 12.4 Å². The highest BCUT2D eigenvalue weighted by molar-refractivity contribution is 5.78. The van der Waals surface area contributed by atoms with Crippen LogP contribution >= 0.6 is 0 Å². The number of hydrogen-bond acceptors (Lipinski definition) is 3. The number of esters is 1. The molecule has 0 saturated heterocycles. The summed E-state index contributed by atoms with van der Waals surface area (Å²) in [5, 5.41) is 0. The van der Waals surface area contributed by atoms with Crippen LogP contribution in [0.2, 0.25) is 0 Å². The van der Waals surface area contributed by atoms with Crippen LogP contribution in [0.3, 0.4) is 0 Å². The number of halogens is 5. The van der Waals surface area contributed by atoms with Crippen LogP contribution in [-0.4, -0.2) is 25.2 Å². The third-order valence-electron chi connectivity index (χ3n) is 2.14. The first kappa shape index (κ1) is 15.2. The molecule has 0 saturated carbocycles. The molecule has 0 aliphatic heterocycles. The van der Waals surface area contributed by atoms with Crippen LogP contribution in [0.5, 0.6) is 5.75 Å². The zero-order valence-corrected chi connectivity index (χ0v) is 9.63. The Morgan fingerprint density at radius 3 is 2.05 bits per heavy atom. The Balaban J connectivity index is 2.63. The van der Waals surface area contributed by atoms with Gasteiger partial charge in [0.05, 0.1) is 7.11 Å². The van der Waals surface area contributed by atoms with Crippen molar-refractivity contribution in [3.8, 4) is 5.75 Å². The molecule has 0 amide bonds. The molecule has 0 aromatic heterocycles. The fourth-order valence-corrected chi connectivity index (χ4v) is 1.08. The van der Waals surface area contributed by atoms with Gasteiger partial charge in [0.25, 0.3) is 0 Å². The average molecular weight is 284 g/mol. The summed E-state index contributed by atoms with van der Waals surface area (Å²) in [7, 11) is 1.40. The lowest BCUT2D eigenvalue weighted by atomic mass is 10.2. The first-order chi connectivity index (χ1) is 8.68. The second-order valence-corrected chi connectivity index (χ2v) is 3.50. The molecule has 106 valence electrons. The van der Waals surface area contributed by atoms with Gasteiger partial charge < -0.3 is 9.47 Å². The van der Waals surface area contributed by atoms with Gasteiger partial charge in [-0.3, -0.25) is 0 Å². The monoisotopic (exact) mass is 284 g/mol. The van der Waals surface area contributed by atoms with Gasteiger partial charge in [-0.05, 0) is 17.7 Å². The molecule has 0 unspecified atom stereocenters. The molecule has 1 aromatic rings. The van der Waals surface area contributed by atoms with Crippen LogP contribution in [-0.2, 0) is 16.1 Å². The van der Waals surface area contributed by atoms with Crippen molar-refractivity contribution < 1.29 is 36.2 Å². The van der Waals surface area contributed by atoms with Crippen LogP contribution in [0.25, 0.3) is 0 Å². The topological polar surface area (TPSA) is 35.5 Å². The maximum atomic E-state index is 12.5. The number of carbonyl (C=O) groups is 1. The van der Waals surface area contributed by atoms with E-state index in [1.54, 1.807) is 0 Å². The Morgan fingerprint density at radius 2 is 1.63 bits per heavy atom. The van der Waals surface area contributed by atoms with Crippen molar-refractivity contribution in [3.63, 3.8) is 0 Å². The molecule has 0 heterocycles. The van der Waals surface area contributed by atoms with Crippen molar-refractivity contribution >= 4 is 5.97 Å². The minimum Gasteiger partial charge on any atom is -0.497 e. The third-order valence-corrected chi connectivity index (χ3v) is 2.14. The van der Waals surface area contributed by atoms with E-state index >= 15 is 0 Å². The Morgan fingerprint density at radius 1 is 1.11 bits per heavy atom. The van der Waals surface area contributed by atoms with Crippen molar-refractivity contribution in [3.05, 3.63) is 29.8 Å². The number of ether oxygens (including phenoxy) is 2. The second kappa shape index (κ2) is 5.41. The Hall–Kier alpha value is -1.86. The fourth-order valence-electron chi connectivity index (χ4n) is 1.08. The van der Waals surface area contributed by atoms with E-state index in [0.717, 1.165) is 0 Å². The molecule has 3 nitrogen and oxygen atoms in total. The van der Waals surface area contributed by atoms with Gasteiger partial charge in [-0.25, -0.2) is 4.79 Å². The van der Waals surface area contributed by atoms with Gasteiger partial charge >= 0.3 is 18.1 Å². The van der Waals surface area contributed by atoms with E-state index < -0.39 is 24.7 Å². The highest BCUT2D eigenvalue weighted by Crippen LogP contribution is 2.36. The molecule has 1 aromatic carbocycles. The van der Waals surface area contributed by atoms with Crippen LogP contribution in [0, 0.1) is 0 Å². The molecule has 0 N–H and O–H groups in total. The summed E-state index contributed by atoms with van der Waals surface area (Å²) in [4.78, 5) is 10.7. The molecular formula is C11H9F5O3. The molecule has 1 rings (SSSR count). The largest absolute Gasteiger partial charge is 0.497 e. The quantitative estimate of drug-likeness (QED) is 0.630. The maximum Gasteiger partial charge on any atom is 0.465 e. The summed E-state index contributed by atoms with van der Waals surface area (Å²) < 4.78 is 69.3. The minimum atomic E-state index is -5.97. The van der Waals surface area contributed by atoms with Crippen molar-refractivity contribution in [2.45, 2.75) is 18.7 Å². The van der Waals surface area contributed by atoms with Crippen LogP contribution in [0.4, 0.5) is 22.0 Å². The molecule has 19 heavy (non-hydrogen) atoms. The standard InChI is InChI=1S/C11H9F5O3/c1-18-8-4-2-7(3-5-8)6-19-9(17)10(12,13)11(14,15)16/h2-5H,6H2,1H3. The van der Waals surface area contributed by atoms with Crippen molar-refractivity contribution in [1.29, 1.82) is 0 Å². The van der Waals surface area contributed by atoms with Crippen LogP contribution in [0.1, 0.15) is 5.56 Å². The highest BCUT2D eigenvalue weighted by atomic mass is 19.4. The van der Waals surface area contributed by atoms with Crippen molar-refractivity contribution in [2.75, 3.05) is 7.11 Å². The zero-order chi connectivity index (χ0) is 14.7. The van der Waals surface area contributed by atoms with E-state index in [4.69, 9.17) is 4.74 Å². The molecule has 0 aliphatic carbocycles. The SMILES string of the molecule is COc1ccc(COC(=O)C(F)(F)C(F)(F)F)cc1. The van der Waals surface area contributed by atoms with Gasteiger partial charge in [-0.2, -0.15) is 22.0 Å². The van der Waals surface area contributed by atoms with E-state index in [0.29, 0.717) is 5.75 Å². The Kier molecular flexibility index (Phi) is 4.33. The third kappa shape index (κ3) is 3.55. The zero-order valence-electron chi connectivity index (χ0n) is 9.63. The Labute approximate surface area is 104 Å². The molecular weight excluding hydrogens is 275 g/mol. The van der Waals surface area contributed by atoms with E-state index in [2.05, 4.69) is 4.74 Å². The smallest absolute Gasteiger partial charge is 0.465 e. The molecule has 0 bridgehead atoms. The Bertz CT molecular complexity index is 439. The lowest BCUT2D eigenvalue weighted by molar-refractivity contribution is -0.281. The van der Waals surface area contributed by atoms with Gasteiger partial charge in [0.15, 0.2) is 0 Å².